The number of aromatic amines is 1. The minimum atomic E-state index is -4.93. The average molecular weight is 421 g/mol. The molecule has 2 aromatic heterocycles. The Labute approximate surface area is 175 Å². The lowest BCUT2D eigenvalue weighted by Crippen LogP contribution is -2.43. The lowest BCUT2D eigenvalue weighted by Gasteiger charge is -2.31. The number of nitrogens with zero attached hydrogens (tertiary/aromatic N) is 2. The molecule has 4 nitrogen and oxygen atoms in total. The summed E-state index contributed by atoms with van der Waals surface area (Å²) in [6, 6.07) is 18.5. The molecule has 0 fully saturated rings. The van der Waals surface area contributed by atoms with Crippen LogP contribution in [0.25, 0.3) is 27.5 Å². The molecule has 0 spiro atoms. The Kier molecular flexibility index (Phi) is 4.20. The van der Waals surface area contributed by atoms with Crippen molar-refractivity contribution in [2.45, 2.75) is 18.7 Å². The zero-order chi connectivity index (χ0) is 21.8. The van der Waals surface area contributed by atoms with Crippen LogP contribution in [0, 0.1) is 6.92 Å². The molecule has 0 amide bonds. The van der Waals surface area contributed by atoms with E-state index >= 15 is 0 Å². The first-order chi connectivity index (χ1) is 14.8. The molecular formula is C24H18F3N3O. The number of para-hydroxylation sites is 1. The molecule has 1 atom stereocenters. The first-order valence-corrected chi connectivity index (χ1v) is 9.70. The van der Waals surface area contributed by atoms with Crippen molar-refractivity contribution in [3.63, 3.8) is 0 Å². The van der Waals surface area contributed by atoms with Crippen LogP contribution in [-0.4, -0.2) is 26.0 Å². The van der Waals surface area contributed by atoms with E-state index in [1.807, 2.05) is 31.2 Å². The summed E-state index contributed by atoms with van der Waals surface area (Å²) in [5.74, 6) is 0. The summed E-state index contributed by atoms with van der Waals surface area (Å²) in [4.78, 5) is 2.83. The van der Waals surface area contributed by atoms with Gasteiger partial charge in [0.05, 0.1) is 17.4 Å². The molecule has 1 unspecified atom stereocenters. The fraction of sp³-hybridized carbons (Fsp3) is 0.125. The Morgan fingerprint density at radius 3 is 2.45 bits per heavy atom. The van der Waals surface area contributed by atoms with Crippen LogP contribution in [0.2, 0.25) is 0 Å². The Balaban J connectivity index is 1.69. The van der Waals surface area contributed by atoms with Crippen molar-refractivity contribution in [3.8, 4) is 5.69 Å². The molecule has 5 rings (SSSR count). The Hall–Kier alpha value is -3.58. The molecule has 0 bridgehead atoms. The molecule has 0 saturated heterocycles. The first kappa shape index (κ1) is 19.4. The maximum Gasteiger partial charge on any atom is 0.425 e. The van der Waals surface area contributed by atoms with Crippen molar-refractivity contribution in [1.82, 2.24) is 14.8 Å². The summed E-state index contributed by atoms with van der Waals surface area (Å²) < 4.78 is 44.6. The van der Waals surface area contributed by atoms with Crippen LogP contribution in [0.5, 0.6) is 0 Å². The normalized spacial score (nSPS) is 14.2. The molecule has 0 aliphatic carbocycles. The van der Waals surface area contributed by atoms with Crippen molar-refractivity contribution in [3.05, 3.63) is 95.8 Å². The number of hydrogen-bond donors (Lipinski definition) is 2. The van der Waals surface area contributed by atoms with Gasteiger partial charge in [0.15, 0.2) is 0 Å². The van der Waals surface area contributed by atoms with Gasteiger partial charge in [-0.25, -0.2) is 4.68 Å². The number of hydrogen-bond acceptors (Lipinski definition) is 2. The molecule has 31 heavy (non-hydrogen) atoms. The van der Waals surface area contributed by atoms with Gasteiger partial charge in [-0.1, -0.05) is 42.0 Å². The quantitative estimate of drug-likeness (QED) is 0.398. The Morgan fingerprint density at radius 1 is 0.968 bits per heavy atom. The van der Waals surface area contributed by atoms with Crippen molar-refractivity contribution >= 4 is 21.8 Å². The SMILES string of the molecule is Cc1ccc(-n2ncc3cc(C(O)(c4c[nH]c5ccccc45)C(F)(F)F)ccc32)cc1. The van der Waals surface area contributed by atoms with Gasteiger partial charge in [0.25, 0.3) is 0 Å². The van der Waals surface area contributed by atoms with Gasteiger partial charge in [0.1, 0.15) is 0 Å². The number of fused-ring (bicyclic) bond motifs is 2. The van der Waals surface area contributed by atoms with Crippen LogP contribution in [0.3, 0.4) is 0 Å². The van der Waals surface area contributed by atoms with Gasteiger partial charge >= 0.3 is 6.18 Å². The second kappa shape index (κ2) is 6.72. The van der Waals surface area contributed by atoms with Gasteiger partial charge in [0, 0.05) is 28.0 Å². The van der Waals surface area contributed by atoms with Crippen LogP contribution < -0.4 is 0 Å². The zero-order valence-corrected chi connectivity index (χ0v) is 16.5. The van der Waals surface area contributed by atoms with E-state index in [0.717, 1.165) is 11.3 Å². The summed E-state index contributed by atoms with van der Waals surface area (Å²) in [5, 5.41) is 16.3. The van der Waals surface area contributed by atoms with E-state index in [4.69, 9.17) is 0 Å². The third-order valence-electron chi connectivity index (χ3n) is 5.65. The van der Waals surface area contributed by atoms with E-state index in [1.165, 1.54) is 24.5 Å². The van der Waals surface area contributed by atoms with E-state index in [1.54, 1.807) is 35.0 Å². The van der Waals surface area contributed by atoms with Gasteiger partial charge in [-0.3, -0.25) is 0 Å². The number of nitrogens with one attached hydrogen (secondary N) is 1. The lowest BCUT2D eigenvalue weighted by atomic mass is 9.85. The number of aliphatic hydroxyl groups is 1. The largest absolute Gasteiger partial charge is 0.425 e. The fourth-order valence-corrected chi connectivity index (χ4v) is 3.99. The first-order valence-electron chi connectivity index (χ1n) is 9.70. The highest BCUT2D eigenvalue weighted by molar-refractivity contribution is 5.86. The highest BCUT2D eigenvalue weighted by atomic mass is 19.4. The molecule has 156 valence electrons. The van der Waals surface area contributed by atoms with Crippen LogP contribution in [-0.2, 0) is 5.60 Å². The zero-order valence-electron chi connectivity index (χ0n) is 16.5. The van der Waals surface area contributed by atoms with Gasteiger partial charge in [0.2, 0.25) is 5.60 Å². The number of aromatic nitrogens is 3. The van der Waals surface area contributed by atoms with E-state index in [9.17, 15) is 18.3 Å². The molecule has 2 N–H and O–H groups in total. The van der Waals surface area contributed by atoms with Crippen LogP contribution in [0.4, 0.5) is 13.2 Å². The van der Waals surface area contributed by atoms with Gasteiger partial charge < -0.3 is 10.1 Å². The summed E-state index contributed by atoms with van der Waals surface area (Å²) in [7, 11) is 0. The van der Waals surface area contributed by atoms with Crippen molar-refractivity contribution in [2.24, 2.45) is 0 Å². The molecule has 0 saturated carbocycles. The van der Waals surface area contributed by atoms with Crippen LogP contribution >= 0.6 is 0 Å². The summed E-state index contributed by atoms with van der Waals surface area (Å²) in [6.45, 7) is 1.97. The van der Waals surface area contributed by atoms with Crippen LogP contribution in [0.15, 0.2) is 79.1 Å². The second-order valence-corrected chi connectivity index (χ2v) is 7.62. The second-order valence-electron chi connectivity index (χ2n) is 7.62. The number of aryl methyl sites for hydroxylation is 1. The van der Waals surface area contributed by atoms with E-state index in [2.05, 4.69) is 10.1 Å². The lowest BCUT2D eigenvalue weighted by molar-refractivity contribution is -0.247. The molecule has 2 heterocycles. The standard InChI is InChI=1S/C24H18F3N3O/c1-15-6-9-18(10-7-15)30-22-11-8-17(12-16(22)13-29-30)23(31,24(25,26)27)20-14-28-21-5-3-2-4-19(20)21/h2-14,28,31H,1H3. The molecular weight excluding hydrogens is 403 g/mol. The van der Waals surface area contributed by atoms with Gasteiger partial charge in [-0.2, -0.15) is 18.3 Å². The van der Waals surface area contributed by atoms with Gasteiger partial charge in [-0.15, -0.1) is 0 Å². The number of alkyl halides is 3. The van der Waals surface area contributed by atoms with Crippen LogP contribution in [0.1, 0.15) is 16.7 Å². The molecule has 0 aliphatic rings. The van der Waals surface area contributed by atoms with Crippen molar-refractivity contribution in [1.29, 1.82) is 0 Å². The maximum absolute atomic E-state index is 14.3. The summed E-state index contributed by atoms with van der Waals surface area (Å²) >= 11 is 0. The Bertz CT molecular complexity index is 1400. The highest BCUT2D eigenvalue weighted by Crippen LogP contribution is 2.47. The van der Waals surface area contributed by atoms with E-state index in [-0.39, 0.29) is 11.1 Å². The Morgan fingerprint density at radius 2 is 1.71 bits per heavy atom. The number of benzene rings is 3. The molecule has 7 heteroatoms. The molecule has 0 radical (unpaired) electrons. The highest BCUT2D eigenvalue weighted by Gasteiger charge is 2.57. The molecule has 3 aromatic carbocycles. The van der Waals surface area contributed by atoms with Gasteiger partial charge in [-0.05, 0) is 42.8 Å². The smallest absolute Gasteiger partial charge is 0.372 e. The predicted octanol–water partition coefficient (Wildman–Crippen LogP) is 5.61. The number of H-pyrrole nitrogens is 1. The monoisotopic (exact) mass is 421 g/mol. The summed E-state index contributed by atoms with van der Waals surface area (Å²) in [5.41, 5.74) is -0.606. The van der Waals surface area contributed by atoms with E-state index < -0.39 is 11.8 Å². The third-order valence-corrected chi connectivity index (χ3v) is 5.65. The molecule has 0 aliphatic heterocycles. The predicted molar refractivity (Wildman–Crippen MR) is 113 cm³/mol. The topological polar surface area (TPSA) is 53.8 Å². The number of halogens is 3. The third kappa shape index (κ3) is 2.92. The number of rotatable bonds is 3. The minimum Gasteiger partial charge on any atom is -0.372 e. The average Bonchev–Trinajstić information content (AvgIpc) is 3.37. The van der Waals surface area contributed by atoms with E-state index in [0.29, 0.717) is 21.8 Å². The van der Waals surface area contributed by atoms with Crippen molar-refractivity contribution in [2.75, 3.05) is 0 Å². The molecule has 5 aromatic rings. The maximum atomic E-state index is 14.3. The fourth-order valence-electron chi connectivity index (χ4n) is 3.99. The summed E-state index contributed by atoms with van der Waals surface area (Å²) in [6.07, 6.45) is -2.21. The van der Waals surface area contributed by atoms with Crippen molar-refractivity contribution < 1.29 is 18.3 Å². The minimum absolute atomic E-state index is 0.235.